The smallest absolute Gasteiger partial charge is 0.266 e. The highest BCUT2D eigenvalue weighted by atomic mass is 35.5. The number of rotatable bonds is 9. The van der Waals surface area contributed by atoms with E-state index in [1.165, 1.54) is 24.5 Å². The maximum Gasteiger partial charge on any atom is 0.266 e. The van der Waals surface area contributed by atoms with E-state index >= 15 is 0 Å². The minimum Gasteiger partial charge on any atom is -0.489 e. The lowest BCUT2D eigenvalue weighted by atomic mass is 10.1. The van der Waals surface area contributed by atoms with Gasteiger partial charge in [-0.25, -0.2) is 14.4 Å². The Morgan fingerprint density at radius 1 is 1.23 bits per heavy atom. The van der Waals surface area contributed by atoms with Gasteiger partial charge in [-0.3, -0.25) is 4.79 Å². The summed E-state index contributed by atoms with van der Waals surface area (Å²) in [6, 6.07) is 7.53. The molecule has 0 fully saturated rings. The molecule has 0 atom stereocenters. The first-order chi connectivity index (χ1) is 14.9. The van der Waals surface area contributed by atoms with Gasteiger partial charge < -0.3 is 20.1 Å². The second-order valence-corrected chi connectivity index (χ2v) is 7.11. The third-order valence-corrected chi connectivity index (χ3v) is 4.56. The summed E-state index contributed by atoms with van der Waals surface area (Å²) in [5.41, 5.74) is 1.44. The Kier molecular flexibility index (Phi) is 7.62. The van der Waals surface area contributed by atoms with E-state index in [4.69, 9.17) is 32.7 Å². The molecule has 10 heteroatoms. The molecule has 3 rings (SSSR count). The topological polar surface area (TPSA) is 85.4 Å². The number of hydrogen-bond donors (Lipinski definition) is 2. The van der Waals surface area contributed by atoms with Gasteiger partial charge in [-0.1, -0.05) is 29.8 Å². The molecule has 0 saturated heterocycles. The second kappa shape index (κ2) is 10.4. The summed E-state index contributed by atoms with van der Waals surface area (Å²) in [4.78, 5) is 20.6. The molecule has 2 N–H and O–H groups in total. The van der Waals surface area contributed by atoms with Gasteiger partial charge in [0.05, 0.1) is 27.9 Å². The first kappa shape index (κ1) is 22.7. The van der Waals surface area contributed by atoms with Crippen molar-refractivity contribution >= 4 is 57.2 Å². The van der Waals surface area contributed by atoms with E-state index < -0.39 is 11.7 Å². The third-order valence-electron chi connectivity index (χ3n) is 4.10. The number of amides is 1. The van der Waals surface area contributed by atoms with E-state index in [1.54, 1.807) is 12.1 Å². The number of aromatic nitrogens is 2. The standard InChI is InChI=1S/C21H19Cl2FN4O3/c1-3-30-6-7-31-19-10-17-14(9-18(19)28-21(29)12(2)22)20(26-11-25-17)27-13-4-5-16(24)15(23)8-13/h4-5,8-11H,2-3,6-7H2,1H3,(H,28,29)(H,25,26,27). The van der Waals surface area contributed by atoms with Gasteiger partial charge in [0.2, 0.25) is 0 Å². The fourth-order valence-corrected chi connectivity index (χ4v) is 2.88. The third kappa shape index (κ3) is 5.81. The van der Waals surface area contributed by atoms with E-state index in [9.17, 15) is 9.18 Å². The van der Waals surface area contributed by atoms with Crippen molar-refractivity contribution in [1.82, 2.24) is 9.97 Å². The highest BCUT2D eigenvalue weighted by molar-refractivity contribution is 6.43. The van der Waals surface area contributed by atoms with Crippen LogP contribution in [-0.2, 0) is 9.53 Å². The summed E-state index contributed by atoms with van der Waals surface area (Å²) >= 11 is 11.6. The zero-order valence-electron chi connectivity index (χ0n) is 16.5. The summed E-state index contributed by atoms with van der Waals surface area (Å²) < 4.78 is 24.5. The molecule has 7 nitrogen and oxygen atoms in total. The Bertz CT molecular complexity index is 1130. The number of halogens is 3. The zero-order valence-corrected chi connectivity index (χ0v) is 18.1. The fraction of sp³-hybridized carbons (Fsp3) is 0.190. The van der Waals surface area contributed by atoms with Gasteiger partial charge in [0.1, 0.15) is 30.3 Å². The quantitative estimate of drug-likeness (QED) is 0.331. The number of carbonyl (C=O) groups is 1. The van der Waals surface area contributed by atoms with Crippen molar-refractivity contribution < 1.29 is 18.7 Å². The molecule has 0 bridgehead atoms. The molecule has 31 heavy (non-hydrogen) atoms. The lowest BCUT2D eigenvalue weighted by Crippen LogP contribution is -2.13. The van der Waals surface area contributed by atoms with Gasteiger partial charge in [-0.15, -0.1) is 0 Å². The Hall–Kier alpha value is -2.94. The Labute approximate surface area is 188 Å². The molecular weight excluding hydrogens is 446 g/mol. The Morgan fingerprint density at radius 2 is 2.03 bits per heavy atom. The summed E-state index contributed by atoms with van der Waals surface area (Å²) in [5, 5.41) is 6.12. The van der Waals surface area contributed by atoms with Crippen molar-refractivity contribution in [2.75, 3.05) is 30.5 Å². The van der Waals surface area contributed by atoms with Gasteiger partial charge >= 0.3 is 0 Å². The molecule has 0 saturated carbocycles. The van der Waals surface area contributed by atoms with Crippen molar-refractivity contribution in [2.24, 2.45) is 0 Å². The first-order valence-corrected chi connectivity index (χ1v) is 10.0. The van der Waals surface area contributed by atoms with Crippen LogP contribution in [0.3, 0.4) is 0 Å². The average molecular weight is 465 g/mol. The number of hydrogen-bond acceptors (Lipinski definition) is 6. The molecule has 0 aliphatic carbocycles. The van der Waals surface area contributed by atoms with Crippen LogP contribution in [0, 0.1) is 5.82 Å². The molecule has 0 aliphatic rings. The van der Waals surface area contributed by atoms with Crippen molar-refractivity contribution in [2.45, 2.75) is 6.92 Å². The number of benzene rings is 2. The van der Waals surface area contributed by atoms with E-state index in [1.807, 2.05) is 6.92 Å². The van der Waals surface area contributed by atoms with Crippen LogP contribution >= 0.6 is 23.2 Å². The lowest BCUT2D eigenvalue weighted by Gasteiger charge is -2.15. The van der Waals surface area contributed by atoms with Gasteiger partial charge in [0.25, 0.3) is 5.91 Å². The molecule has 1 aromatic heterocycles. The van der Waals surface area contributed by atoms with Crippen LogP contribution in [0.25, 0.3) is 10.9 Å². The molecule has 0 spiro atoms. The zero-order chi connectivity index (χ0) is 22.4. The fourth-order valence-electron chi connectivity index (χ4n) is 2.66. The van der Waals surface area contributed by atoms with Crippen LogP contribution in [0.2, 0.25) is 5.02 Å². The number of carbonyl (C=O) groups excluding carboxylic acids is 1. The molecular formula is C21H19Cl2FN4O3. The maximum absolute atomic E-state index is 13.5. The van der Waals surface area contributed by atoms with Crippen molar-refractivity contribution in [1.29, 1.82) is 0 Å². The number of ether oxygens (including phenoxy) is 2. The normalized spacial score (nSPS) is 10.7. The summed E-state index contributed by atoms with van der Waals surface area (Å²) in [6.45, 7) is 6.53. The molecule has 0 aliphatic heterocycles. The van der Waals surface area contributed by atoms with Gasteiger partial charge in [-0.2, -0.15) is 0 Å². The molecule has 1 heterocycles. The summed E-state index contributed by atoms with van der Waals surface area (Å²) in [5.74, 6) is -0.297. The number of nitrogens with zero attached hydrogens (tertiary/aromatic N) is 2. The summed E-state index contributed by atoms with van der Waals surface area (Å²) in [6.07, 6.45) is 1.37. The predicted molar refractivity (Wildman–Crippen MR) is 120 cm³/mol. The van der Waals surface area contributed by atoms with Gasteiger partial charge in [0, 0.05) is 23.7 Å². The SMILES string of the molecule is C=C(Cl)C(=O)Nc1cc2c(Nc3ccc(F)c(Cl)c3)ncnc2cc1OCCOCC. The van der Waals surface area contributed by atoms with Crippen LogP contribution < -0.4 is 15.4 Å². The van der Waals surface area contributed by atoms with Crippen LogP contribution in [0.15, 0.2) is 48.3 Å². The number of nitrogens with one attached hydrogen (secondary N) is 2. The average Bonchev–Trinajstić information content (AvgIpc) is 2.74. The highest BCUT2D eigenvalue weighted by Gasteiger charge is 2.15. The first-order valence-electron chi connectivity index (χ1n) is 9.26. The van der Waals surface area contributed by atoms with E-state index in [2.05, 4.69) is 27.2 Å². The molecule has 2 aromatic carbocycles. The van der Waals surface area contributed by atoms with Crippen LogP contribution in [0.1, 0.15) is 6.92 Å². The molecule has 1 amide bonds. The predicted octanol–water partition coefficient (Wildman–Crippen LogP) is 5.27. The Morgan fingerprint density at radius 3 is 2.74 bits per heavy atom. The van der Waals surface area contributed by atoms with Crippen LogP contribution in [-0.4, -0.2) is 35.7 Å². The van der Waals surface area contributed by atoms with Crippen molar-refractivity contribution in [3.63, 3.8) is 0 Å². The minimum absolute atomic E-state index is 0.0260. The van der Waals surface area contributed by atoms with Gasteiger partial charge in [-0.05, 0) is 31.2 Å². The van der Waals surface area contributed by atoms with Crippen molar-refractivity contribution in [3.05, 3.63) is 59.1 Å². The van der Waals surface area contributed by atoms with Crippen molar-refractivity contribution in [3.8, 4) is 5.75 Å². The van der Waals surface area contributed by atoms with E-state index in [0.717, 1.165) is 0 Å². The second-order valence-electron chi connectivity index (χ2n) is 6.25. The van der Waals surface area contributed by atoms with Gasteiger partial charge in [0.15, 0.2) is 0 Å². The van der Waals surface area contributed by atoms with Crippen LogP contribution in [0.4, 0.5) is 21.6 Å². The molecule has 0 radical (unpaired) electrons. The van der Waals surface area contributed by atoms with Crippen LogP contribution in [0.5, 0.6) is 5.75 Å². The number of anilines is 3. The Balaban J connectivity index is 1.99. The van der Waals surface area contributed by atoms with E-state index in [0.29, 0.717) is 47.1 Å². The highest BCUT2D eigenvalue weighted by Crippen LogP contribution is 2.34. The molecule has 162 valence electrons. The minimum atomic E-state index is -0.577. The summed E-state index contributed by atoms with van der Waals surface area (Å²) in [7, 11) is 0. The largest absolute Gasteiger partial charge is 0.489 e. The molecule has 3 aromatic rings. The maximum atomic E-state index is 13.5. The van der Waals surface area contributed by atoms with E-state index in [-0.39, 0.29) is 16.7 Å². The lowest BCUT2D eigenvalue weighted by molar-refractivity contribution is -0.112. The monoisotopic (exact) mass is 464 g/mol. The number of fused-ring (bicyclic) bond motifs is 1. The molecule has 0 unspecified atom stereocenters.